The Morgan fingerprint density at radius 1 is 1.09 bits per heavy atom. The minimum Gasteiger partial charge on any atom is -0.497 e. The van der Waals surface area contributed by atoms with Crippen molar-refractivity contribution in [3.8, 4) is 22.8 Å². The summed E-state index contributed by atoms with van der Waals surface area (Å²) in [5.41, 5.74) is 0.342. The van der Waals surface area contributed by atoms with Crippen LogP contribution in [0, 0.1) is 10.1 Å². The molecule has 0 aliphatic carbocycles. The van der Waals surface area contributed by atoms with Crippen molar-refractivity contribution in [2.45, 2.75) is 0 Å². The van der Waals surface area contributed by atoms with Crippen LogP contribution >= 0.6 is 0 Å². The highest BCUT2D eigenvalue weighted by atomic mass is 16.6. The molecule has 0 bridgehead atoms. The van der Waals surface area contributed by atoms with Crippen molar-refractivity contribution in [2.75, 3.05) is 21.3 Å². The van der Waals surface area contributed by atoms with E-state index in [1.807, 2.05) is 0 Å². The summed E-state index contributed by atoms with van der Waals surface area (Å²) in [5, 5.41) is 11.0. The molecule has 0 aliphatic heterocycles. The van der Waals surface area contributed by atoms with Crippen molar-refractivity contribution in [2.24, 2.45) is 0 Å². The topological polar surface area (TPSA) is 101 Å². The highest BCUT2D eigenvalue weighted by Gasteiger charge is 2.23. The smallest absolute Gasteiger partial charge is 0.345 e. The molecular weight excluding hydrogens is 304 g/mol. The van der Waals surface area contributed by atoms with Crippen LogP contribution in [0.3, 0.4) is 0 Å². The van der Waals surface area contributed by atoms with Crippen LogP contribution in [0.15, 0.2) is 30.5 Å². The Balaban J connectivity index is 2.60. The van der Waals surface area contributed by atoms with E-state index in [1.165, 1.54) is 20.3 Å². The van der Waals surface area contributed by atoms with Crippen molar-refractivity contribution in [3.05, 3.63) is 46.1 Å². The summed E-state index contributed by atoms with van der Waals surface area (Å²) in [7, 11) is 4.16. The number of benzene rings is 1. The summed E-state index contributed by atoms with van der Waals surface area (Å²) < 4.78 is 14.9. The van der Waals surface area contributed by atoms with E-state index in [-0.39, 0.29) is 5.56 Å². The van der Waals surface area contributed by atoms with Gasteiger partial charge in [-0.25, -0.2) is 9.78 Å². The Morgan fingerprint density at radius 2 is 1.70 bits per heavy atom. The largest absolute Gasteiger partial charge is 0.497 e. The van der Waals surface area contributed by atoms with Gasteiger partial charge in [-0.1, -0.05) is 0 Å². The van der Waals surface area contributed by atoms with E-state index in [0.29, 0.717) is 22.8 Å². The molecule has 2 rings (SSSR count). The van der Waals surface area contributed by atoms with Gasteiger partial charge >= 0.3 is 11.7 Å². The van der Waals surface area contributed by atoms with E-state index >= 15 is 0 Å². The van der Waals surface area contributed by atoms with Gasteiger partial charge in [0.2, 0.25) is 0 Å². The molecule has 0 radical (unpaired) electrons. The van der Waals surface area contributed by atoms with Crippen LogP contribution in [0.1, 0.15) is 10.4 Å². The first-order chi connectivity index (χ1) is 11.0. The van der Waals surface area contributed by atoms with Gasteiger partial charge in [-0.15, -0.1) is 0 Å². The highest BCUT2D eigenvalue weighted by molar-refractivity contribution is 5.94. The molecule has 120 valence electrons. The summed E-state index contributed by atoms with van der Waals surface area (Å²) in [5.74, 6) is 0.244. The van der Waals surface area contributed by atoms with Crippen molar-refractivity contribution in [3.63, 3.8) is 0 Å². The van der Waals surface area contributed by atoms with Crippen LogP contribution in [0.4, 0.5) is 5.69 Å². The van der Waals surface area contributed by atoms with Gasteiger partial charge in [0, 0.05) is 11.6 Å². The molecule has 0 spiro atoms. The first-order valence-electron chi connectivity index (χ1n) is 6.46. The van der Waals surface area contributed by atoms with Crippen LogP contribution in [0.25, 0.3) is 11.3 Å². The lowest BCUT2D eigenvalue weighted by molar-refractivity contribution is -0.385. The summed E-state index contributed by atoms with van der Waals surface area (Å²) in [4.78, 5) is 26.1. The molecule has 23 heavy (non-hydrogen) atoms. The second kappa shape index (κ2) is 6.73. The molecule has 0 saturated carbocycles. The molecule has 1 aromatic carbocycles. The quantitative estimate of drug-likeness (QED) is 0.474. The molecule has 0 aliphatic rings. The summed E-state index contributed by atoms with van der Waals surface area (Å²) >= 11 is 0. The number of ether oxygens (including phenoxy) is 3. The molecule has 2 aromatic rings. The molecule has 8 heteroatoms. The first kappa shape index (κ1) is 16.2. The lowest BCUT2D eigenvalue weighted by atomic mass is 10.1. The number of hydrogen-bond acceptors (Lipinski definition) is 7. The zero-order valence-corrected chi connectivity index (χ0v) is 12.7. The van der Waals surface area contributed by atoms with Crippen LogP contribution in [-0.4, -0.2) is 37.2 Å². The van der Waals surface area contributed by atoms with Crippen molar-refractivity contribution in [1.82, 2.24) is 4.98 Å². The number of carbonyl (C=O) groups is 1. The van der Waals surface area contributed by atoms with Crippen LogP contribution < -0.4 is 9.47 Å². The first-order valence-corrected chi connectivity index (χ1v) is 6.46. The molecule has 0 fully saturated rings. The third kappa shape index (κ3) is 3.37. The van der Waals surface area contributed by atoms with E-state index in [4.69, 9.17) is 9.47 Å². The normalized spacial score (nSPS) is 10.0. The van der Waals surface area contributed by atoms with E-state index in [1.54, 1.807) is 18.2 Å². The molecule has 8 nitrogen and oxygen atoms in total. The number of hydrogen-bond donors (Lipinski definition) is 0. The Bertz CT molecular complexity index is 737. The maximum Gasteiger partial charge on any atom is 0.345 e. The second-order valence-corrected chi connectivity index (χ2v) is 4.44. The number of nitrogens with zero attached hydrogens (tertiary/aromatic N) is 2. The minimum absolute atomic E-state index is 0.177. The average Bonchev–Trinajstić information content (AvgIpc) is 2.59. The van der Waals surface area contributed by atoms with Gasteiger partial charge in [-0.3, -0.25) is 10.1 Å². The van der Waals surface area contributed by atoms with Gasteiger partial charge in [-0.2, -0.15) is 0 Å². The fourth-order valence-electron chi connectivity index (χ4n) is 1.98. The maximum atomic E-state index is 11.8. The van der Waals surface area contributed by atoms with Gasteiger partial charge in [-0.05, 0) is 18.2 Å². The van der Waals surface area contributed by atoms with Gasteiger partial charge in [0.15, 0.2) is 0 Å². The Kier molecular flexibility index (Phi) is 4.75. The fraction of sp³-hybridized carbons (Fsp3) is 0.200. The van der Waals surface area contributed by atoms with E-state index in [0.717, 1.165) is 13.3 Å². The van der Waals surface area contributed by atoms with Crippen molar-refractivity contribution < 1.29 is 23.9 Å². The second-order valence-electron chi connectivity index (χ2n) is 4.44. The lowest BCUT2D eigenvalue weighted by Crippen LogP contribution is -2.07. The Hall–Kier alpha value is -3.16. The minimum atomic E-state index is -0.810. The van der Waals surface area contributed by atoms with E-state index in [2.05, 4.69) is 9.72 Å². The Labute approximate surface area is 131 Å². The molecule has 0 atom stereocenters. The lowest BCUT2D eigenvalue weighted by Gasteiger charge is -2.09. The number of aromatic nitrogens is 1. The van der Waals surface area contributed by atoms with Crippen LogP contribution in [-0.2, 0) is 4.74 Å². The number of rotatable bonds is 5. The molecule has 0 unspecified atom stereocenters. The molecular formula is C15H14N2O6. The fourth-order valence-corrected chi connectivity index (χ4v) is 1.98. The van der Waals surface area contributed by atoms with E-state index < -0.39 is 16.6 Å². The molecule has 1 aromatic heterocycles. The number of esters is 1. The van der Waals surface area contributed by atoms with E-state index in [9.17, 15) is 14.9 Å². The summed E-state index contributed by atoms with van der Waals surface area (Å²) in [6.07, 6.45) is 1.02. The number of methoxy groups -OCH3 is 3. The molecule has 0 N–H and O–H groups in total. The predicted octanol–water partition coefficient (Wildman–Crippen LogP) is 2.46. The SMILES string of the molecule is COC(=O)c1cc(-c2cc(OC)cc(OC)c2)ncc1[N+](=O)[O-]. The third-order valence-electron chi connectivity index (χ3n) is 3.13. The maximum absolute atomic E-state index is 11.8. The molecule has 1 heterocycles. The van der Waals surface area contributed by atoms with Crippen molar-refractivity contribution in [1.29, 1.82) is 0 Å². The number of pyridine rings is 1. The van der Waals surface area contributed by atoms with Gasteiger partial charge in [0.1, 0.15) is 23.3 Å². The van der Waals surface area contributed by atoms with Gasteiger partial charge in [0.05, 0.1) is 31.9 Å². The predicted molar refractivity (Wildman–Crippen MR) is 80.8 cm³/mol. The zero-order chi connectivity index (χ0) is 17.0. The number of nitro groups is 1. The van der Waals surface area contributed by atoms with Gasteiger partial charge in [0.25, 0.3) is 0 Å². The summed E-state index contributed by atoms with van der Waals surface area (Å²) in [6, 6.07) is 6.34. The number of carbonyl (C=O) groups excluding carboxylic acids is 1. The highest BCUT2D eigenvalue weighted by Crippen LogP contribution is 2.31. The van der Waals surface area contributed by atoms with Gasteiger partial charge < -0.3 is 14.2 Å². The molecule has 0 saturated heterocycles. The third-order valence-corrected chi connectivity index (χ3v) is 3.13. The monoisotopic (exact) mass is 318 g/mol. The summed E-state index contributed by atoms with van der Waals surface area (Å²) in [6.45, 7) is 0. The standard InChI is InChI=1S/C15H14N2O6/c1-21-10-4-9(5-11(6-10)22-2)13-7-12(15(18)23-3)14(8-16-13)17(19)20/h4-8H,1-3H3. The zero-order valence-electron chi connectivity index (χ0n) is 12.7. The molecule has 0 amide bonds. The van der Waals surface area contributed by atoms with Crippen LogP contribution in [0.2, 0.25) is 0 Å². The van der Waals surface area contributed by atoms with Crippen LogP contribution in [0.5, 0.6) is 11.5 Å². The Morgan fingerprint density at radius 3 is 2.17 bits per heavy atom. The van der Waals surface area contributed by atoms with Crippen molar-refractivity contribution >= 4 is 11.7 Å². The average molecular weight is 318 g/mol.